The monoisotopic (exact) mass is 190 g/mol. The number of hydrogen-bond acceptors (Lipinski definition) is 4. The summed E-state index contributed by atoms with van der Waals surface area (Å²) in [6.07, 6.45) is 2.84. The van der Waals surface area contributed by atoms with E-state index in [0.717, 1.165) is 0 Å². The average Bonchev–Trinajstić information content (AvgIpc) is 2.53. The molecular weight excluding hydrogens is 180 g/mol. The number of hydrogen-bond donors (Lipinski definition) is 1. The van der Waals surface area contributed by atoms with Gasteiger partial charge < -0.3 is 0 Å². The second-order valence-electron chi connectivity index (χ2n) is 2.18. The summed E-state index contributed by atoms with van der Waals surface area (Å²) in [5, 5.41) is 3.77. The lowest BCUT2D eigenvalue weighted by atomic mass is 10.8. The van der Waals surface area contributed by atoms with Crippen LogP contribution in [0.15, 0.2) is 12.7 Å². The Balaban J connectivity index is 2.47. The van der Waals surface area contributed by atoms with Crippen molar-refractivity contribution in [2.24, 2.45) is 0 Å². The van der Waals surface area contributed by atoms with Crippen LogP contribution in [0.1, 0.15) is 0 Å². The number of rotatable bonds is 4. The molecule has 0 radical (unpaired) electrons. The summed E-state index contributed by atoms with van der Waals surface area (Å²) in [4.78, 5) is 3.69. The van der Waals surface area contributed by atoms with Crippen LogP contribution >= 0.6 is 0 Å². The summed E-state index contributed by atoms with van der Waals surface area (Å²) in [6.45, 7) is 0.323. The highest BCUT2D eigenvalue weighted by Crippen LogP contribution is 1.86. The Bertz CT molecular complexity index is 317. The van der Waals surface area contributed by atoms with Crippen LogP contribution in [0.4, 0.5) is 0 Å². The molecule has 68 valence electrons. The van der Waals surface area contributed by atoms with Gasteiger partial charge in [0.2, 0.25) is 10.0 Å². The first-order valence-corrected chi connectivity index (χ1v) is 5.03. The van der Waals surface area contributed by atoms with Gasteiger partial charge in [-0.3, -0.25) is 4.68 Å². The summed E-state index contributed by atoms with van der Waals surface area (Å²) >= 11 is 0. The minimum atomic E-state index is -3.13. The van der Waals surface area contributed by atoms with Crippen molar-refractivity contribution in [3.63, 3.8) is 0 Å². The predicted molar refractivity (Wildman–Crippen MR) is 42.9 cm³/mol. The van der Waals surface area contributed by atoms with Gasteiger partial charge in [-0.05, 0) is 7.05 Å². The molecule has 1 heterocycles. The molecule has 0 atom stereocenters. The van der Waals surface area contributed by atoms with Crippen LogP contribution in [-0.2, 0) is 16.6 Å². The summed E-state index contributed by atoms with van der Waals surface area (Å²) < 4.78 is 25.5. The van der Waals surface area contributed by atoms with E-state index in [4.69, 9.17) is 0 Å². The SMILES string of the molecule is CNS(=O)(=O)CCn1cncn1. The van der Waals surface area contributed by atoms with Crippen LogP contribution in [0, 0.1) is 0 Å². The molecule has 12 heavy (non-hydrogen) atoms. The molecule has 0 saturated heterocycles. The molecule has 0 aliphatic heterocycles. The molecular formula is C5H10N4O2S. The number of aryl methyl sites for hydroxylation is 1. The van der Waals surface area contributed by atoms with Gasteiger partial charge in [0.05, 0.1) is 12.3 Å². The van der Waals surface area contributed by atoms with E-state index in [2.05, 4.69) is 14.8 Å². The van der Waals surface area contributed by atoms with Gasteiger partial charge in [-0.15, -0.1) is 0 Å². The number of sulfonamides is 1. The topological polar surface area (TPSA) is 76.9 Å². The Hall–Kier alpha value is -0.950. The Morgan fingerprint density at radius 1 is 1.58 bits per heavy atom. The van der Waals surface area contributed by atoms with E-state index in [1.54, 1.807) is 0 Å². The van der Waals surface area contributed by atoms with E-state index >= 15 is 0 Å². The van der Waals surface area contributed by atoms with Crippen molar-refractivity contribution < 1.29 is 8.42 Å². The smallest absolute Gasteiger partial charge is 0.213 e. The first-order chi connectivity index (χ1) is 5.64. The molecule has 1 aromatic heterocycles. The van der Waals surface area contributed by atoms with Crippen LogP contribution in [0.5, 0.6) is 0 Å². The third-order valence-electron chi connectivity index (χ3n) is 1.37. The third kappa shape index (κ3) is 2.59. The summed E-state index contributed by atoms with van der Waals surface area (Å²) in [7, 11) is -1.75. The molecule has 0 aliphatic carbocycles. The van der Waals surface area contributed by atoms with E-state index < -0.39 is 10.0 Å². The van der Waals surface area contributed by atoms with Gasteiger partial charge in [0.15, 0.2) is 0 Å². The Kier molecular flexibility index (Phi) is 2.77. The van der Waals surface area contributed by atoms with Crippen molar-refractivity contribution in [3.8, 4) is 0 Å². The van der Waals surface area contributed by atoms with Crippen LogP contribution < -0.4 is 4.72 Å². The molecule has 0 aromatic carbocycles. The Morgan fingerprint density at radius 2 is 2.33 bits per heavy atom. The molecule has 1 aromatic rings. The second kappa shape index (κ2) is 3.63. The van der Waals surface area contributed by atoms with Crippen LogP contribution in [0.25, 0.3) is 0 Å². The zero-order valence-corrected chi connectivity index (χ0v) is 7.45. The molecule has 0 unspecified atom stereocenters. The molecule has 0 bridgehead atoms. The first-order valence-electron chi connectivity index (χ1n) is 3.38. The van der Waals surface area contributed by atoms with Gasteiger partial charge in [-0.2, -0.15) is 5.10 Å². The molecule has 0 spiro atoms. The van der Waals surface area contributed by atoms with Crippen LogP contribution in [0.2, 0.25) is 0 Å². The Labute approximate surface area is 70.7 Å². The van der Waals surface area contributed by atoms with Crippen molar-refractivity contribution in [1.29, 1.82) is 0 Å². The Morgan fingerprint density at radius 3 is 2.83 bits per heavy atom. The highest BCUT2D eigenvalue weighted by Gasteiger charge is 2.06. The van der Waals surface area contributed by atoms with Crippen molar-refractivity contribution in [3.05, 3.63) is 12.7 Å². The molecule has 0 amide bonds. The summed E-state index contributed by atoms with van der Waals surface area (Å²) in [6, 6.07) is 0. The van der Waals surface area contributed by atoms with Crippen molar-refractivity contribution in [2.45, 2.75) is 6.54 Å². The second-order valence-corrected chi connectivity index (χ2v) is 4.23. The van der Waals surface area contributed by atoms with Gasteiger partial charge in [0.1, 0.15) is 12.7 Å². The van der Waals surface area contributed by atoms with Gasteiger partial charge in [0.25, 0.3) is 0 Å². The largest absolute Gasteiger partial charge is 0.252 e. The van der Waals surface area contributed by atoms with Crippen LogP contribution in [0.3, 0.4) is 0 Å². The fourth-order valence-electron chi connectivity index (χ4n) is 0.664. The van der Waals surface area contributed by atoms with Crippen LogP contribution in [-0.4, -0.2) is 36.0 Å². The maximum absolute atomic E-state index is 10.9. The minimum Gasteiger partial charge on any atom is -0.252 e. The third-order valence-corrected chi connectivity index (χ3v) is 2.71. The van der Waals surface area contributed by atoms with Gasteiger partial charge >= 0.3 is 0 Å². The lowest BCUT2D eigenvalue weighted by Crippen LogP contribution is -2.24. The maximum atomic E-state index is 10.9. The van der Waals surface area contributed by atoms with Gasteiger partial charge in [-0.25, -0.2) is 18.1 Å². The molecule has 1 N–H and O–H groups in total. The van der Waals surface area contributed by atoms with Gasteiger partial charge in [0, 0.05) is 0 Å². The highest BCUT2D eigenvalue weighted by atomic mass is 32.2. The summed E-state index contributed by atoms with van der Waals surface area (Å²) in [5.74, 6) is 0.0207. The molecule has 0 aliphatic rings. The van der Waals surface area contributed by atoms with Crippen molar-refractivity contribution in [1.82, 2.24) is 19.5 Å². The normalized spacial score (nSPS) is 11.8. The van der Waals surface area contributed by atoms with E-state index in [-0.39, 0.29) is 5.75 Å². The zero-order valence-electron chi connectivity index (χ0n) is 6.64. The standard InChI is InChI=1S/C5H10N4O2S/c1-6-12(10,11)3-2-9-5-7-4-8-9/h4-6H,2-3H2,1H3. The minimum absolute atomic E-state index is 0.0207. The maximum Gasteiger partial charge on any atom is 0.213 e. The summed E-state index contributed by atoms with van der Waals surface area (Å²) in [5.41, 5.74) is 0. The van der Waals surface area contributed by atoms with E-state index in [1.807, 2.05) is 0 Å². The highest BCUT2D eigenvalue weighted by molar-refractivity contribution is 7.89. The molecule has 0 saturated carbocycles. The predicted octanol–water partition coefficient (Wildman–Crippen LogP) is -1.17. The molecule has 0 fully saturated rings. The molecule has 7 heteroatoms. The van der Waals surface area contributed by atoms with Crippen molar-refractivity contribution in [2.75, 3.05) is 12.8 Å². The lowest BCUT2D eigenvalue weighted by molar-refractivity contribution is 0.573. The lowest BCUT2D eigenvalue weighted by Gasteiger charge is -2.00. The number of nitrogens with zero attached hydrogens (tertiary/aromatic N) is 3. The van der Waals surface area contributed by atoms with Gasteiger partial charge in [-0.1, -0.05) is 0 Å². The van der Waals surface area contributed by atoms with Crippen molar-refractivity contribution >= 4 is 10.0 Å². The molecule has 6 nitrogen and oxygen atoms in total. The van der Waals surface area contributed by atoms with E-state index in [1.165, 1.54) is 24.4 Å². The van der Waals surface area contributed by atoms with E-state index in [9.17, 15) is 8.42 Å². The fourth-order valence-corrected chi connectivity index (χ4v) is 1.30. The average molecular weight is 190 g/mol. The number of nitrogens with one attached hydrogen (secondary N) is 1. The first kappa shape index (κ1) is 9.14. The van der Waals surface area contributed by atoms with E-state index in [0.29, 0.717) is 6.54 Å². The quantitative estimate of drug-likeness (QED) is 0.649. The fraction of sp³-hybridized carbons (Fsp3) is 0.600. The zero-order chi connectivity index (χ0) is 9.03. The number of aromatic nitrogens is 3. The molecule has 1 rings (SSSR count).